The Morgan fingerprint density at radius 3 is 2.21 bits per heavy atom. The van der Waals surface area contributed by atoms with Crippen molar-refractivity contribution in [3.63, 3.8) is 0 Å². The molecule has 1 amide bonds. The molecule has 1 aromatic heterocycles. The Bertz CT molecular complexity index is 954. The molecule has 0 aliphatic carbocycles. The van der Waals surface area contributed by atoms with E-state index in [1.807, 2.05) is 54.0 Å². The quantitative estimate of drug-likeness (QED) is 0.788. The minimum atomic E-state index is -0.322. The van der Waals surface area contributed by atoms with Crippen molar-refractivity contribution < 1.29 is 4.79 Å². The number of benzene rings is 1. The van der Waals surface area contributed by atoms with Gasteiger partial charge in [0.25, 0.3) is 5.56 Å². The highest BCUT2D eigenvalue weighted by Gasteiger charge is 2.26. The van der Waals surface area contributed by atoms with E-state index in [1.54, 1.807) is 11.5 Å². The van der Waals surface area contributed by atoms with Crippen molar-refractivity contribution in [1.82, 2.24) is 14.0 Å². The normalized spacial score (nSPS) is 14.4. The number of nitrogens with zero attached hydrogens (tertiary/aromatic N) is 4. The Kier molecular flexibility index (Phi) is 6.02. The van der Waals surface area contributed by atoms with Gasteiger partial charge in [0.15, 0.2) is 0 Å². The molecular weight excluding hydrogens is 356 g/mol. The lowest BCUT2D eigenvalue weighted by Crippen LogP contribution is -2.52. The van der Waals surface area contributed by atoms with Crippen molar-refractivity contribution in [1.29, 1.82) is 0 Å². The van der Waals surface area contributed by atoms with E-state index in [9.17, 15) is 14.4 Å². The van der Waals surface area contributed by atoms with Crippen LogP contribution in [0.1, 0.15) is 32.4 Å². The van der Waals surface area contributed by atoms with Crippen LogP contribution >= 0.6 is 0 Å². The summed E-state index contributed by atoms with van der Waals surface area (Å²) in [5.74, 6) is 0.166. The fourth-order valence-corrected chi connectivity index (χ4v) is 3.82. The number of rotatable bonds is 5. The Labute approximate surface area is 164 Å². The monoisotopic (exact) mass is 384 g/mol. The molecule has 1 aromatic carbocycles. The third-order valence-corrected chi connectivity index (χ3v) is 5.29. The average Bonchev–Trinajstić information content (AvgIpc) is 2.70. The molecule has 7 heteroatoms. The third kappa shape index (κ3) is 3.61. The highest BCUT2D eigenvalue weighted by Crippen LogP contribution is 2.19. The molecule has 1 aliphatic rings. The molecule has 0 spiro atoms. The molecule has 28 heavy (non-hydrogen) atoms. The molecule has 0 atom stereocenters. The van der Waals surface area contributed by atoms with Crippen LogP contribution in [0.4, 0.5) is 5.69 Å². The molecule has 1 saturated heterocycles. The number of anilines is 1. The van der Waals surface area contributed by atoms with Crippen molar-refractivity contribution in [2.24, 2.45) is 0 Å². The first-order chi connectivity index (χ1) is 13.5. The van der Waals surface area contributed by atoms with Crippen LogP contribution in [0.2, 0.25) is 0 Å². The smallest absolute Gasteiger partial charge is 0.335 e. The predicted octanol–water partition coefficient (Wildman–Crippen LogP) is 1.78. The maximum absolute atomic E-state index is 13.1. The van der Waals surface area contributed by atoms with Crippen molar-refractivity contribution in [2.75, 3.05) is 31.1 Å². The van der Waals surface area contributed by atoms with Gasteiger partial charge < -0.3 is 9.80 Å². The van der Waals surface area contributed by atoms with Crippen LogP contribution in [0.3, 0.4) is 0 Å². The number of aromatic nitrogens is 2. The number of para-hydroxylation sites is 1. The summed E-state index contributed by atoms with van der Waals surface area (Å²) < 4.78 is 2.89. The van der Waals surface area contributed by atoms with Gasteiger partial charge in [-0.1, -0.05) is 25.1 Å². The fraction of sp³-hybridized carbons (Fsp3) is 0.476. The SMILES string of the molecule is CCCC(=O)N1CCN(c2c(C)n(-c3ccccc3)c(=O)n(CC)c2=O)CC1. The molecule has 1 fully saturated rings. The van der Waals surface area contributed by atoms with Crippen LogP contribution in [-0.4, -0.2) is 46.1 Å². The van der Waals surface area contributed by atoms with E-state index in [1.165, 1.54) is 4.57 Å². The van der Waals surface area contributed by atoms with Gasteiger partial charge in [-0.15, -0.1) is 0 Å². The molecule has 2 aromatic rings. The summed E-state index contributed by atoms with van der Waals surface area (Å²) in [6.07, 6.45) is 1.39. The van der Waals surface area contributed by atoms with Gasteiger partial charge in [-0.2, -0.15) is 0 Å². The Morgan fingerprint density at radius 2 is 1.64 bits per heavy atom. The largest absolute Gasteiger partial charge is 0.362 e. The summed E-state index contributed by atoms with van der Waals surface area (Å²) in [5.41, 5.74) is 1.35. The van der Waals surface area contributed by atoms with Crippen LogP contribution < -0.4 is 16.1 Å². The standard InChI is InChI=1S/C21H28N4O3/c1-4-9-18(26)22-12-14-23(15-13-22)19-16(3)25(17-10-7-6-8-11-17)21(28)24(5-2)20(19)27/h6-8,10-11H,4-5,9,12-15H2,1-3H3. The van der Waals surface area contributed by atoms with Crippen LogP contribution in [0.5, 0.6) is 0 Å². The van der Waals surface area contributed by atoms with E-state index in [2.05, 4.69) is 0 Å². The topological polar surface area (TPSA) is 67.6 Å². The number of hydrogen-bond donors (Lipinski definition) is 0. The first-order valence-electron chi connectivity index (χ1n) is 9.94. The number of carbonyl (C=O) groups excluding carboxylic acids is 1. The number of amides is 1. The zero-order valence-corrected chi connectivity index (χ0v) is 16.9. The summed E-state index contributed by atoms with van der Waals surface area (Å²) >= 11 is 0. The Hall–Kier alpha value is -2.83. The van der Waals surface area contributed by atoms with Crippen molar-refractivity contribution in [2.45, 2.75) is 40.2 Å². The van der Waals surface area contributed by atoms with Crippen molar-refractivity contribution in [3.05, 3.63) is 56.9 Å². The van der Waals surface area contributed by atoms with Crippen LogP contribution in [0.25, 0.3) is 5.69 Å². The van der Waals surface area contributed by atoms with E-state index in [4.69, 9.17) is 0 Å². The molecule has 0 bridgehead atoms. The zero-order chi connectivity index (χ0) is 20.3. The van der Waals surface area contributed by atoms with Crippen molar-refractivity contribution in [3.8, 4) is 5.69 Å². The van der Waals surface area contributed by atoms with Crippen LogP contribution in [-0.2, 0) is 11.3 Å². The van der Waals surface area contributed by atoms with Gasteiger partial charge in [-0.05, 0) is 32.4 Å². The highest BCUT2D eigenvalue weighted by atomic mass is 16.2. The molecule has 3 rings (SSSR count). The van der Waals surface area contributed by atoms with Gasteiger partial charge in [-0.25, -0.2) is 4.79 Å². The van der Waals surface area contributed by atoms with E-state index in [0.717, 1.165) is 12.1 Å². The molecule has 7 nitrogen and oxygen atoms in total. The van der Waals surface area contributed by atoms with Crippen LogP contribution in [0.15, 0.2) is 39.9 Å². The maximum Gasteiger partial charge on any atom is 0.335 e. The molecule has 2 heterocycles. The minimum absolute atomic E-state index is 0.166. The summed E-state index contributed by atoms with van der Waals surface area (Å²) in [5, 5.41) is 0. The molecule has 0 radical (unpaired) electrons. The number of hydrogen-bond acceptors (Lipinski definition) is 4. The Balaban J connectivity index is 2.02. The molecule has 0 unspecified atom stereocenters. The van der Waals surface area contributed by atoms with E-state index in [-0.39, 0.29) is 17.2 Å². The van der Waals surface area contributed by atoms with Gasteiger partial charge in [0.1, 0.15) is 5.69 Å². The molecule has 0 N–H and O–H groups in total. The molecule has 150 valence electrons. The molecular formula is C21H28N4O3. The lowest BCUT2D eigenvalue weighted by atomic mass is 10.2. The van der Waals surface area contributed by atoms with Gasteiger partial charge >= 0.3 is 5.69 Å². The van der Waals surface area contributed by atoms with E-state index >= 15 is 0 Å². The number of carbonyl (C=O) groups is 1. The summed E-state index contributed by atoms with van der Waals surface area (Å²) in [6, 6.07) is 9.38. The van der Waals surface area contributed by atoms with Gasteiger partial charge in [0, 0.05) is 39.1 Å². The lowest BCUT2D eigenvalue weighted by Gasteiger charge is -2.36. The van der Waals surface area contributed by atoms with Crippen molar-refractivity contribution >= 4 is 11.6 Å². The van der Waals surface area contributed by atoms with E-state index < -0.39 is 0 Å². The molecule has 1 aliphatic heterocycles. The van der Waals surface area contributed by atoms with Gasteiger partial charge in [-0.3, -0.25) is 18.7 Å². The summed E-state index contributed by atoms with van der Waals surface area (Å²) in [6.45, 7) is 8.29. The Morgan fingerprint density at radius 1 is 1.00 bits per heavy atom. The fourth-order valence-electron chi connectivity index (χ4n) is 3.82. The van der Waals surface area contributed by atoms with E-state index in [0.29, 0.717) is 50.5 Å². The summed E-state index contributed by atoms with van der Waals surface area (Å²) in [7, 11) is 0. The van der Waals surface area contributed by atoms with Gasteiger partial charge in [0.2, 0.25) is 5.91 Å². The second kappa shape index (κ2) is 8.46. The molecule has 0 saturated carbocycles. The minimum Gasteiger partial charge on any atom is -0.362 e. The first kappa shape index (κ1) is 19.9. The van der Waals surface area contributed by atoms with Gasteiger partial charge in [0.05, 0.1) is 11.4 Å². The third-order valence-electron chi connectivity index (χ3n) is 5.29. The average molecular weight is 384 g/mol. The number of piperazine rings is 1. The second-order valence-electron chi connectivity index (χ2n) is 7.05. The maximum atomic E-state index is 13.1. The zero-order valence-electron chi connectivity index (χ0n) is 16.9. The highest BCUT2D eigenvalue weighted by molar-refractivity contribution is 5.76. The summed E-state index contributed by atoms with van der Waals surface area (Å²) in [4.78, 5) is 42.0. The predicted molar refractivity (Wildman–Crippen MR) is 110 cm³/mol. The second-order valence-corrected chi connectivity index (χ2v) is 7.05. The van der Waals surface area contributed by atoms with Crippen LogP contribution in [0, 0.1) is 6.92 Å². The first-order valence-corrected chi connectivity index (χ1v) is 9.94. The lowest BCUT2D eigenvalue weighted by molar-refractivity contribution is -0.131.